The number of para-hydroxylation sites is 1. The van der Waals surface area contributed by atoms with Crippen molar-refractivity contribution >= 4 is 44.2 Å². The van der Waals surface area contributed by atoms with Gasteiger partial charge in [0, 0.05) is 31.7 Å². The third kappa shape index (κ3) is 4.49. The minimum absolute atomic E-state index is 0.0668. The smallest absolute Gasteiger partial charge is 0.253 e. The van der Waals surface area contributed by atoms with Crippen molar-refractivity contribution in [3.63, 3.8) is 0 Å². The van der Waals surface area contributed by atoms with Crippen LogP contribution in [0, 0.1) is 0 Å². The molecule has 1 aromatic heterocycles. The first-order chi connectivity index (χ1) is 14.2. The van der Waals surface area contributed by atoms with Gasteiger partial charge in [-0.3, -0.25) is 4.79 Å². The molecule has 0 atom stereocenters. The first kappa shape index (κ1) is 20.0. The van der Waals surface area contributed by atoms with E-state index < -0.39 is 0 Å². The van der Waals surface area contributed by atoms with Gasteiger partial charge in [-0.05, 0) is 42.8 Å². The molecule has 1 saturated heterocycles. The summed E-state index contributed by atoms with van der Waals surface area (Å²) in [6.07, 6.45) is 2.14. The number of aromatic nitrogens is 1. The van der Waals surface area contributed by atoms with Crippen LogP contribution in [-0.4, -0.2) is 48.6 Å². The van der Waals surface area contributed by atoms with Crippen molar-refractivity contribution in [1.82, 2.24) is 9.88 Å². The molecule has 7 heteroatoms. The van der Waals surface area contributed by atoms with E-state index in [4.69, 9.17) is 21.3 Å². The molecule has 2 aromatic carbocycles. The number of anilines is 1. The number of hydrogen-bond acceptors (Lipinski definition) is 5. The molecule has 0 radical (unpaired) electrons. The maximum absolute atomic E-state index is 12.8. The Hall–Kier alpha value is -2.31. The minimum atomic E-state index is 0.0668. The van der Waals surface area contributed by atoms with Crippen LogP contribution >= 0.6 is 22.9 Å². The molecule has 1 amide bonds. The number of carbonyl (C=O) groups is 1. The zero-order valence-corrected chi connectivity index (χ0v) is 18.0. The Morgan fingerprint density at radius 3 is 2.59 bits per heavy atom. The summed E-state index contributed by atoms with van der Waals surface area (Å²) in [5, 5.41) is 1.65. The number of rotatable bonds is 6. The number of ether oxygens (including phenoxy) is 1. The van der Waals surface area contributed by atoms with Crippen molar-refractivity contribution in [2.45, 2.75) is 19.8 Å². The van der Waals surface area contributed by atoms with Crippen LogP contribution < -0.4 is 9.64 Å². The summed E-state index contributed by atoms with van der Waals surface area (Å²) in [5.74, 6) is 0.881. The maximum Gasteiger partial charge on any atom is 0.253 e. The lowest BCUT2D eigenvalue weighted by Gasteiger charge is -2.34. The van der Waals surface area contributed by atoms with Crippen LogP contribution in [0.15, 0.2) is 42.5 Å². The van der Waals surface area contributed by atoms with Gasteiger partial charge in [0.15, 0.2) is 5.13 Å². The Kier molecular flexibility index (Phi) is 6.21. The number of unbranched alkanes of at least 4 members (excludes halogenated alkanes) is 1. The fourth-order valence-electron chi connectivity index (χ4n) is 3.35. The second kappa shape index (κ2) is 9.01. The molecular weight excluding hydrogens is 406 g/mol. The number of amides is 1. The van der Waals surface area contributed by atoms with Gasteiger partial charge in [0.05, 0.1) is 16.3 Å². The average Bonchev–Trinajstić information content (AvgIpc) is 3.20. The first-order valence-corrected chi connectivity index (χ1v) is 11.2. The number of benzene rings is 2. The van der Waals surface area contributed by atoms with Gasteiger partial charge in [-0.25, -0.2) is 4.98 Å². The Labute approximate surface area is 179 Å². The zero-order valence-electron chi connectivity index (χ0n) is 16.4. The zero-order chi connectivity index (χ0) is 20.2. The van der Waals surface area contributed by atoms with Crippen LogP contribution in [0.3, 0.4) is 0 Å². The molecular formula is C22H24ClN3O2S. The van der Waals surface area contributed by atoms with Gasteiger partial charge in [-0.1, -0.05) is 42.3 Å². The first-order valence-electron chi connectivity index (χ1n) is 9.98. The van der Waals surface area contributed by atoms with Crippen LogP contribution in [-0.2, 0) is 0 Å². The predicted octanol–water partition coefficient (Wildman–Crippen LogP) is 5.09. The van der Waals surface area contributed by atoms with E-state index in [1.807, 2.05) is 47.4 Å². The van der Waals surface area contributed by atoms with Crippen LogP contribution in [0.25, 0.3) is 10.2 Å². The molecule has 0 saturated carbocycles. The predicted molar refractivity (Wildman–Crippen MR) is 120 cm³/mol. The van der Waals surface area contributed by atoms with Gasteiger partial charge in [-0.15, -0.1) is 0 Å². The molecule has 4 rings (SSSR count). The molecule has 0 N–H and O–H groups in total. The van der Waals surface area contributed by atoms with Crippen molar-refractivity contribution in [2.75, 3.05) is 37.7 Å². The molecule has 2 heterocycles. The molecule has 152 valence electrons. The van der Waals surface area contributed by atoms with Gasteiger partial charge in [0.25, 0.3) is 5.91 Å². The van der Waals surface area contributed by atoms with Crippen LogP contribution in [0.1, 0.15) is 30.1 Å². The summed E-state index contributed by atoms with van der Waals surface area (Å²) >= 11 is 7.90. The molecule has 0 spiro atoms. The van der Waals surface area contributed by atoms with Crippen molar-refractivity contribution in [3.05, 3.63) is 53.1 Å². The maximum atomic E-state index is 12.8. The van der Waals surface area contributed by atoms with E-state index in [2.05, 4.69) is 11.8 Å². The lowest BCUT2D eigenvalue weighted by Crippen LogP contribution is -2.48. The number of hydrogen-bond donors (Lipinski definition) is 0. The number of fused-ring (bicyclic) bond motifs is 1. The van der Waals surface area contributed by atoms with Gasteiger partial charge in [0.1, 0.15) is 11.3 Å². The highest BCUT2D eigenvalue weighted by atomic mass is 35.5. The largest absolute Gasteiger partial charge is 0.494 e. The summed E-state index contributed by atoms with van der Waals surface area (Å²) in [6, 6.07) is 13.3. The minimum Gasteiger partial charge on any atom is -0.494 e. The number of halogens is 1. The number of thiazole rings is 1. The molecule has 0 unspecified atom stereocenters. The highest BCUT2D eigenvalue weighted by Gasteiger charge is 2.24. The molecule has 1 fully saturated rings. The van der Waals surface area contributed by atoms with Crippen LogP contribution in [0.4, 0.5) is 5.13 Å². The normalized spacial score (nSPS) is 14.4. The standard InChI is InChI=1S/C22H24ClN3O2S/c1-2-3-15-28-17-9-7-16(8-10-17)21(27)25-11-13-26(14-12-25)22-24-20-18(23)5-4-6-19(20)29-22/h4-10H,2-3,11-15H2,1H3. The fourth-order valence-corrected chi connectivity index (χ4v) is 4.67. The SMILES string of the molecule is CCCCOc1ccc(C(=O)N2CCN(c3nc4c(Cl)cccc4s3)CC2)cc1. The second-order valence-corrected chi connectivity index (χ2v) is 8.50. The van der Waals surface area contributed by atoms with E-state index >= 15 is 0 Å². The number of piperazine rings is 1. The highest BCUT2D eigenvalue weighted by molar-refractivity contribution is 7.22. The average molecular weight is 430 g/mol. The Balaban J connectivity index is 1.36. The van der Waals surface area contributed by atoms with Crippen molar-refractivity contribution in [2.24, 2.45) is 0 Å². The molecule has 0 aliphatic carbocycles. The lowest BCUT2D eigenvalue weighted by atomic mass is 10.1. The van der Waals surface area contributed by atoms with Gasteiger partial charge in [-0.2, -0.15) is 0 Å². The van der Waals surface area contributed by atoms with Gasteiger partial charge >= 0.3 is 0 Å². The topological polar surface area (TPSA) is 45.7 Å². The summed E-state index contributed by atoms with van der Waals surface area (Å²) in [7, 11) is 0. The van der Waals surface area contributed by atoms with E-state index in [9.17, 15) is 4.79 Å². The summed E-state index contributed by atoms with van der Waals surface area (Å²) < 4.78 is 6.77. The molecule has 29 heavy (non-hydrogen) atoms. The Morgan fingerprint density at radius 2 is 1.90 bits per heavy atom. The van der Waals surface area contributed by atoms with E-state index in [0.29, 0.717) is 30.3 Å². The second-order valence-electron chi connectivity index (χ2n) is 7.09. The molecule has 0 bridgehead atoms. The number of nitrogens with zero attached hydrogens (tertiary/aromatic N) is 3. The van der Waals surface area contributed by atoms with E-state index in [1.165, 1.54) is 0 Å². The number of carbonyl (C=O) groups excluding carboxylic acids is 1. The molecule has 1 aliphatic rings. The summed E-state index contributed by atoms with van der Waals surface area (Å²) in [4.78, 5) is 21.7. The summed E-state index contributed by atoms with van der Waals surface area (Å²) in [6.45, 7) is 5.73. The Morgan fingerprint density at radius 1 is 1.14 bits per heavy atom. The fraction of sp³-hybridized carbons (Fsp3) is 0.364. The van der Waals surface area contributed by atoms with Crippen molar-refractivity contribution < 1.29 is 9.53 Å². The van der Waals surface area contributed by atoms with E-state index in [0.717, 1.165) is 47.0 Å². The van der Waals surface area contributed by atoms with Gasteiger partial charge in [0.2, 0.25) is 0 Å². The quantitative estimate of drug-likeness (QED) is 0.512. The van der Waals surface area contributed by atoms with Crippen LogP contribution in [0.5, 0.6) is 5.75 Å². The monoisotopic (exact) mass is 429 g/mol. The molecule has 1 aliphatic heterocycles. The molecule has 3 aromatic rings. The van der Waals surface area contributed by atoms with Crippen molar-refractivity contribution in [3.8, 4) is 5.75 Å². The summed E-state index contributed by atoms with van der Waals surface area (Å²) in [5.41, 5.74) is 1.56. The highest BCUT2D eigenvalue weighted by Crippen LogP contribution is 2.33. The lowest BCUT2D eigenvalue weighted by molar-refractivity contribution is 0.0746. The molecule has 5 nitrogen and oxygen atoms in total. The Bertz CT molecular complexity index is 981. The van der Waals surface area contributed by atoms with Crippen LogP contribution in [0.2, 0.25) is 5.02 Å². The third-order valence-electron chi connectivity index (χ3n) is 5.06. The van der Waals surface area contributed by atoms with E-state index in [1.54, 1.807) is 11.3 Å². The van der Waals surface area contributed by atoms with E-state index in [-0.39, 0.29) is 5.91 Å². The van der Waals surface area contributed by atoms with Gasteiger partial charge < -0.3 is 14.5 Å². The third-order valence-corrected chi connectivity index (χ3v) is 6.45. The van der Waals surface area contributed by atoms with Crippen molar-refractivity contribution in [1.29, 1.82) is 0 Å².